The van der Waals surface area contributed by atoms with Crippen LogP contribution in [0.25, 0.3) is 0 Å². The Morgan fingerprint density at radius 3 is 2.86 bits per heavy atom. The molecular weight excluding hydrogens is 284 g/mol. The highest BCUT2D eigenvalue weighted by atomic mass is 35.5. The molecule has 0 spiro atoms. The fourth-order valence-electron chi connectivity index (χ4n) is 3.18. The van der Waals surface area contributed by atoms with Crippen molar-refractivity contribution in [3.63, 3.8) is 0 Å². The number of aromatic nitrogens is 2. The van der Waals surface area contributed by atoms with E-state index in [1.54, 1.807) is 0 Å². The molecule has 3 nitrogen and oxygen atoms in total. The first kappa shape index (κ1) is 14.6. The van der Waals surface area contributed by atoms with Crippen LogP contribution in [-0.2, 0) is 0 Å². The van der Waals surface area contributed by atoms with Gasteiger partial charge < -0.3 is 4.52 Å². The van der Waals surface area contributed by atoms with Gasteiger partial charge in [-0.05, 0) is 24.3 Å². The van der Waals surface area contributed by atoms with Crippen molar-refractivity contribution < 1.29 is 4.52 Å². The zero-order chi connectivity index (χ0) is 14.7. The quantitative estimate of drug-likeness (QED) is 0.739. The molecule has 21 heavy (non-hydrogen) atoms. The second kappa shape index (κ2) is 6.61. The van der Waals surface area contributed by atoms with E-state index in [2.05, 4.69) is 17.1 Å². The van der Waals surface area contributed by atoms with Gasteiger partial charge in [-0.15, -0.1) is 11.6 Å². The largest absolute Gasteiger partial charge is 0.337 e. The Morgan fingerprint density at radius 1 is 1.29 bits per heavy atom. The van der Waals surface area contributed by atoms with Crippen molar-refractivity contribution >= 4 is 11.6 Å². The molecule has 0 aliphatic heterocycles. The maximum absolute atomic E-state index is 6.44. The second-order valence-electron chi connectivity index (χ2n) is 5.90. The molecule has 112 valence electrons. The summed E-state index contributed by atoms with van der Waals surface area (Å²) in [6, 6.07) is 9.87. The van der Waals surface area contributed by atoms with E-state index in [4.69, 9.17) is 16.1 Å². The van der Waals surface area contributed by atoms with Gasteiger partial charge in [0.2, 0.25) is 5.89 Å². The van der Waals surface area contributed by atoms with Crippen molar-refractivity contribution in [3.05, 3.63) is 47.6 Å². The zero-order valence-electron chi connectivity index (χ0n) is 12.3. The van der Waals surface area contributed by atoms with E-state index in [9.17, 15) is 0 Å². The molecule has 3 rings (SSSR count). The average molecular weight is 305 g/mol. The Balaban J connectivity index is 1.74. The first-order valence-electron chi connectivity index (χ1n) is 7.80. The third kappa shape index (κ3) is 3.29. The van der Waals surface area contributed by atoms with Crippen molar-refractivity contribution in [3.8, 4) is 0 Å². The number of rotatable bonds is 4. The lowest BCUT2D eigenvalue weighted by atomic mass is 9.80. The van der Waals surface area contributed by atoms with Gasteiger partial charge in [-0.1, -0.05) is 61.7 Å². The van der Waals surface area contributed by atoms with E-state index in [1.807, 2.05) is 30.3 Å². The lowest BCUT2D eigenvalue weighted by Crippen LogP contribution is -2.14. The molecule has 0 amide bonds. The Morgan fingerprint density at radius 2 is 2.10 bits per heavy atom. The van der Waals surface area contributed by atoms with E-state index in [-0.39, 0.29) is 5.38 Å². The van der Waals surface area contributed by atoms with Crippen LogP contribution in [0, 0.1) is 5.92 Å². The summed E-state index contributed by atoms with van der Waals surface area (Å²) < 4.78 is 5.41. The van der Waals surface area contributed by atoms with Gasteiger partial charge in [0.15, 0.2) is 5.82 Å². The maximum atomic E-state index is 6.44. The highest BCUT2D eigenvalue weighted by Gasteiger charge is 2.27. The summed E-state index contributed by atoms with van der Waals surface area (Å²) in [5.41, 5.74) is 0.990. The van der Waals surface area contributed by atoms with E-state index in [0.29, 0.717) is 11.8 Å². The van der Waals surface area contributed by atoms with E-state index >= 15 is 0 Å². The normalized spacial score (nSPS) is 23.9. The summed E-state index contributed by atoms with van der Waals surface area (Å²) in [5, 5.41) is 3.82. The summed E-state index contributed by atoms with van der Waals surface area (Å²) in [6.45, 7) is 2.26. The van der Waals surface area contributed by atoms with Crippen LogP contribution in [0.2, 0.25) is 0 Å². The van der Waals surface area contributed by atoms with Crippen LogP contribution in [-0.4, -0.2) is 10.1 Å². The molecule has 3 unspecified atom stereocenters. The minimum absolute atomic E-state index is 0.363. The molecule has 1 heterocycles. The molecule has 0 saturated heterocycles. The van der Waals surface area contributed by atoms with Crippen LogP contribution in [0.1, 0.15) is 67.6 Å². The number of hydrogen-bond donors (Lipinski definition) is 0. The van der Waals surface area contributed by atoms with Crippen LogP contribution < -0.4 is 0 Å². The van der Waals surface area contributed by atoms with Crippen LogP contribution in [0.4, 0.5) is 0 Å². The lowest BCUT2D eigenvalue weighted by molar-refractivity contribution is 0.298. The average Bonchev–Trinajstić information content (AvgIpc) is 3.05. The lowest BCUT2D eigenvalue weighted by Gasteiger charge is -2.26. The molecule has 3 atom stereocenters. The highest BCUT2D eigenvalue weighted by Crippen LogP contribution is 2.37. The Hall–Kier alpha value is -1.35. The van der Waals surface area contributed by atoms with Crippen molar-refractivity contribution in [2.75, 3.05) is 0 Å². The van der Waals surface area contributed by atoms with Gasteiger partial charge in [0, 0.05) is 5.92 Å². The number of alkyl halides is 1. The molecule has 0 bridgehead atoms. The summed E-state index contributed by atoms with van der Waals surface area (Å²) in [6.07, 6.45) is 6.17. The van der Waals surface area contributed by atoms with Crippen molar-refractivity contribution in [1.29, 1.82) is 0 Å². The standard InChI is InChI=1S/C17H21ClN2O/c1-2-12-7-6-10-14(11-12)16-19-17(21-20-16)15(18)13-8-4-3-5-9-13/h3-5,8-9,12,14-15H,2,6-7,10-11H2,1H3. The zero-order valence-corrected chi connectivity index (χ0v) is 13.1. The first-order valence-corrected chi connectivity index (χ1v) is 8.24. The molecule has 1 aromatic carbocycles. The summed E-state index contributed by atoms with van der Waals surface area (Å²) in [5.74, 6) is 2.58. The fraction of sp³-hybridized carbons (Fsp3) is 0.529. The number of benzene rings is 1. The Labute approximate surface area is 130 Å². The predicted octanol–water partition coefficient (Wildman–Crippen LogP) is 5.08. The molecule has 1 aliphatic carbocycles. The molecule has 4 heteroatoms. The van der Waals surface area contributed by atoms with Crippen molar-refractivity contribution in [2.45, 2.75) is 50.3 Å². The van der Waals surface area contributed by atoms with E-state index in [0.717, 1.165) is 23.7 Å². The fourth-order valence-corrected chi connectivity index (χ4v) is 3.41. The molecule has 0 radical (unpaired) electrons. The minimum Gasteiger partial charge on any atom is -0.337 e. The summed E-state index contributed by atoms with van der Waals surface area (Å²) in [7, 11) is 0. The number of nitrogens with zero attached hydrogens (tertiary/aromatic N) is 2. The molecule has 1 fully saturated rings. The molecule has 1 aromatic heterocycles. The summed E-state index contributed by atoms with van der Waals surface area (Å²) >= 11 is 6.44. The van der Waals surface area contributed by atoms with Gasteiger partial charge in [0.05, 0.1) is 0 Å². The SMILES string of the molecule is CCC1CCCC(c2noc(C(Cl)c3ccccc3)n2)C1. The summed E-state index contributed by atoms with van der Waals surface area (Å²) in [4.78, 5) is 4.57. The van der Waals surface area contributed by atoms with Crippen LogP contribution in [0.5, 0.6) is 0 Å². The Bertz CT molecular complexity index is 569. The van der Waals surface area contributed by atoms with Gasteiger partial charge in [-0.3, -0.25) is 0 Å². The number of hydrogen-bond acceptors (Lipinski definition) is 3. The van der Waals surface area contributed by atoms with Gasteiger partial charge in [-0.25, -0.2) is 0 Å². The smallest absolute Gasteiger partial charge is 0.249 e. The molecule has 0 N–H and O–H groups in total. The van der Waals surface area contributed by atoms with Gasteiger partial charge >= 0.3 is 0 Å². The third-order valence-corrected chi connectivity index (χ3v) is 4.93. The maximum Gasteiger partial charge on any atom is 0.249 e. The van der Waals surface area contributed by atoms with E-state index in [1.165, 1.54) is 25.7 Å². The van der Waals surface area contributed by atoms with Crippen LogP contribution in [0.15, 0.2) is 34.9 Å². The van der Waals surface area contributed by atoms with Crippen molar-refractivity contribution in [1.82, 2.24) is 10.1 Å². The van der Waals surface area contributed by atoms with Crippen LogP contribution >= 0.6 is 11.6 Å². The van der Waals surface area contributed by atoms with Gasteiger partial charge in [-0.2, -0.15) is 4.98 Å². The van der Waals surface area contributed by atoms with E-state index < -0.39 is 0 Å². The topological polar surface area (TPSA) is 38.9 Å². The second-order valence-corrected chi connectivity index (χ2v) is 6.34. The van der Waals surface area contributed by atoms with Gasteiger partial charge in [0.1, 0.15) is 5.38 Å². The Kier molecular flexibility index (Phi) is 4.59. The molecular formula is C17H21ClN2O. The minimum atomic E-state index is -0.363. The van der Waals surface area contributed by atoms with Crippen LogP contribution in [0.3, 0.4) is 0 Å². The highest BCUT2D eigenvalue weighted by molar-refractivity contribution is 6.22. The first-order chi connectivity index (χ1) is 10.3. The van der Waals surface area contributed by atoms with Crippen molar-refractivity contribution in [2.24, 2.45) is 5.92 Å². The predicted molar refractivity (Wildman–Crippen MR) is 83.4 cm³/mol. The van der Waals surface area contributed by atoms with Gasteiger partial charge in [0.25, 0.3) is 0 Å². The third-order valence-electron chi connectivity index (χ3n) is 4.49. The number of halogens is 1. The molecule has 1 saturated carbocycles. The monoisotopic (exact) mass is 304 g/mol. The molecule has 1 aliphatic rings. The molecule has 2 aromatic rings.